The molecular weight excluding hydrogens is 238 g/mol. The van der Waals surface area contributed by atoms with Gasteiger partial charge < -0.3 is 15.8 Å². The number of nitriles is 1. The number of nitrogens with zero attached hydrogens (tertiary/aromatic N) is 1. The quantitative estimate of drug-likeness (QED) is 0.852. The molecule has 0 aromatic heterocycles. The highest BCUT2D eigenvalue weighted by Gasteiger charge is 2.23. The maximum atomic E-state index is 8.46. The molecule has 3 N–H and O–H groups in total. The molecule has 2 rings (SSSR count). The lowest BCUT2D eigenvalue weighted by Crippen LogP contribution is -2.36. The Morgan fingerprint density at radius 1 is 1.26 bits per heavy atom. The van der Waals surface area contributed by atoms with Crippen molar-refractivity contribution >= 4 is 5.69 Å². The Labute approximate surface area is 114 Å². The summed E-state index contributed by atoms with van der Waals surface area (Å²) in [6.07, 6.45) is 4.98. The van der Waals surface area contributed by atoms with E-state index in [0.29, 0.717) is 12.0 Å². The molecule has 1 aliphatic rings. The van der Waals surface area contributed by atoms with Crippen molar-refractivity contribution in [2.75, 3.05) is 18.5 Å². The van der Waals surface area contributed by atoms with Gasteiger partial charge in [-0.2, -0.15) is 5.26 Å². The average Bonchev–Trinajstić information content (AvgIpc) is 2.47. The van der Waals surface area contributed by atoms with Crippen molar-refractivity contribution in [3.05, 3.63) is 24.3 Å². The maximum absolute atomic E-state index is 8.46. The topological polar surface area (TPSA) is 71.1 Å². The van der Waals surface area contributed by atoms with Crippen LogP contribution in [0.3, 0.4) is 0 Å². The van der Waals surface area contributed by atoms with E-state index in [2.05, 4.69) is 5.32 Å². The van der Waals surface area contributed by atoms with E-state index < -0.39 is 0 Å². The van der Waals surface area contributed by atoms with E-state index >= 15 is 0 Å². The predicted octanol–water partition coefficient (Wildman–Crippen LogP) is 2.52. The lowest BCUT2D eigenvalue weighted by atomic mass is 9.84. The van der Waals surface area contributed by atoms with E-state index in [9.17, 15) is 0 Å². The summed E-state index contributed by atoms with van der Waals surface area (Å²) < 4.78 is 5.23. The van der Waals surface area contributed by atoms with E-state index in [4.69, 9.17) is 15.7 Å². The Bertz CT molecular complexity index is 424. The second-order valence-corrected chi connectivity index (χ2v) is 5.00. The van der Waals surface area contributed by atoms with Gasteiger partial charge in [-0.3, -0.25) is 0 Å². The fourth-order valence-corrected chi connectivity index (χ4v) is 2.66. The van der Waals surface area contributed by atoms with Gasteiger partial charge in [-0.15, -0.1) is 0 Å². The minimum Gasteiger partial charge on any atom is -0.479 e. The molecule has 0 amide bonds. The standard InChI is InChI=1S/C15H21N3O/c16-9-10-19-14-7-5-13(6-8-14)18-15-4-2-1-3-12(15)11-17/h5-8,12,15,18H,1-4,10-11,17H2. The van der Waals surface area contributed by atoms with Crippen LogP contribution < -0.4 is 15.8 Å². The zero-order valence-electron chi connectivity index (χ0n) is 11.1. The van der Waals surface area contributed by atoms with Crippen LogP contribution >= 0.6 is 0 Å². The van der Waals surface area contributed by atoms with Crippen molar-refractivity contribution in [1.82, 2.24) is 0 Å². The van der Waals surface area contributed by atoms with Crippen LogP contribution in [-0.2, 0) is 0 Å². The second-order valence-electron chi connectivity index (χ2n) is 5.00. The van der Waals surface area contributed by atoms with E-state index in [1.54, 1.807) is 0 Å². The molecule has 2 atom stereocenters. The second kappa shape index (κ2) is 7.01. The average molecular weight is 259 g/mol. The molecular formula is C15H21N3O. The molecule has 0 saturated heterocycles. The highest BCUT2D eigenvalue weighted by Crippen LogP contribution is 2.27. The van der Waals surface area contributed by atoms with Gasteiger partial charge in [0, 0.05) is 11.7 Å². The lowest BCUT2D eigenvalue weighted by molar-refractivity contribution is 0.332. The van der Waals surface area contributed by atoms with E-state index in [-0.39, 0.29) is 6.61 Å². The molecule has 0 heterocycles. The van der Waals surface area contributed by atoms with E-state index in [0.717, 1.165) is 18.0 Å². The number of hydrogen-bond donors (Lipinski definition) is 2. The van der Waals surface area contributed by atoms with Gasteiger partial charge in [-0.25, -0.2) is 0 Å². The fraction of sp³-hybridized carbons (Fsp3) is 0.533. The maximum Gasteiger partial charge on any atom is 0.174 e. The van der Waals surface area contributed by atoms with Crippen LogP contribution in [0.15, 0.2) is 24.3 Å². The minimum atomic E-state index is 0.0879. The number of nitrogens with two attached hydrogens (primary N) is 1. The molecule has 1 fully saturated rings. The number of benzene rings is 1. The highest BCUT2D eigenvalue weighted by molar-refractivity contribution is 5.47. The Balaban J connectivity index is 1.93. The molecule has 0 radical (unpaired) electrons. The van der Waals surface area contributed by atoms with E-state index in [1.807, 2.05) is 30.3 Å². The van der Waals surface area contributed by atoms with Crippen LogP contribution in [-0.4, -0.2) is 19.2 Å². The first-order chi connectivity index (χ1) is 9.33. The lowest BCUT2D eigenvalue weighted by Gasteiger charge is -2.32. The van der Waals surface area contributed by atoms with Gasteiger partial charge >= 0.3 is 0 Å². The van der Waals surface area contributed by atoms with Gasteiger partial charge in [0.05, 0.1) is 0 Å². The molecule has 1 aromatic carbocycles. The fourth-order valence-electron chi connectivity index (χ4n) is 2.66. The third-order valence-corrected chi connectivity index (χ3v) is 3.72. The zero-order valence-corrected chi connectivity index (χ0v) is 11.1. The van der Waals surface area contributed by atoms with Crippen molar-refractivity contribution in [1.29, 1.82) is 5.26 Å². The van der Waals surface area contributed by atoms with Crippen LogP contribution in [0.25, 0.3) is 0 Å². The number of anilines is 1. The van der Waals surface area contributed by atoms with Gasteiger partial charge in [-0.1, -0.05) is 12.8 Å². The first-order valence-electron chi connectivity index (χ1n) is 6.90. The summed E-state index contributed by atoms with van der Waals surface area (Å²) in [5.74, 6) is 1.30. The van der Waals surface area contributed by atoms with Crippen molar-refractivity contribution < 1.29 is 4.74 Å². The molecule has 4 nitrogen and oxygen atoms in total. The van der Waals surface area contributed by atoms with Crippen LogP contribution in [0.5, 0.6) is 5.75 Å². The van der Waals surface area contributed by atoms with Crippen molar-refractivity contribution in [3.8, 4) is 11.8 Å². The molecule has 19 heavy (non-hydrogen) atoms. The first-order valence-corrected chi connectivity index (χ1v) is 6.90. The van der Waals surface area contributed by atoms with Gasteiger partial charge in [0.2, 0.25) is 0 Å². The van der Waals surface area contributed by atoms with Crippen LogP contribution in [0, 0.1) is 17.2 Å². The Morgan fingerprint density at radius 3 is 2.68 bits per heavy atom. The summed E-state index contributed by atoms with van der Waals surface area (Å²) in [6.45, 7) is 0.839. The Morgan fingerprint density at radius 2 is 2.00 bits per heavy atom. The van der Waals surface area contributed by atoms with Crippen molar-refractivity contribution in [2.45, 2.75) is 31.7 Å². The number of ether oxygens (including phenoxy) is 1. The third-order valence-electron chi connectivity index (χ3n) is 3.72. The molecule has 102 valence electrons. The summed E-state index contributed by atoms with van der Waals surface area (Å²) in [7, 11) is 0. The van der Waals surface area contributed by atoms with Crippen LogP contribution in [0.2, 0.25) is 0 Å². The predicted molar refractivity (Wildman–Crippen MR) is 76.0 cm³/mol. The smallest absolute Gasteiger partial charge is 0.174 e. The van der Waals surface area contributed by atoms with Crippen molar-refractivity contribution in [2.24, 2.45) is 11.7 Å². The van der Waals surface area contributed by atoms with Crippen molar-refractivity contribution in [3.63, 3.8) is 0 Å². The highest BCUT2D eigenvalue weighted by atomic mass is 16.5. The molecule has 1 aromatic rings. The van der Waals surface area contributed by atoms with E-state index in [1.165, 1.54) is 25.7 Å². The first kappa shape index (κ1) is 13.7. The summed E-state index contributed by atoms with van der Waals surface area (Å²) in [5.41, 5.74) is 6.93. The Kier molecular flexibility index (Phi) is 5.05. The summed E-state index contributed by atoms with van der Waals surface area (Å²) in [5, 5.41) is 12.0. The largest absolute Gasteiger partial charge is 0.479 e. The molecule has 0 aliphatic heterocycles. The van der Waals surface area contributed by atoms with Gasteiger partial charge in [0.1, 0.15) is 11.8 Å². The van der Waals surface area contributed by atoms with Gasteiger partial charge in [-0.05, 0) is 49.6 Å². The van der Waals surface area contributed by atoms with Crippen LogP contribution in [0.4, 0.5) is 5.69 Å². The minimum absolute atomic E-state index is 0.0879. The molecule has 1 aliphatic carbocycles. The summed E-state index contributed by atoms with van der Waals surface area (Å²) >= 11 is 0. The zero-order chi connectivity index (χ0) is 13.5. The SMILES string of the molecule is N#CCOc1ccc(NC2CCCCC2CN)cc1. The molecule has 0 spiro atoms. The number of hydrogen-bond acceptors (Lipinski definition) is 4. The molecule has 4 heteroatoms. The molecule has 1 saturated carbocycles. The third kappa shape index (κ3) is 3.87. The number of rotatable bonds is 5. The number of nitrogens with one attached hydrogen (secondary N) is 1. The summed E-state index contributed by atoms with van der Waals surface area (Å²) in [4.78, 5) is 0. The van der Waals surface area contributed by atoms with Gasteiger partial charge in [0.25, 0.3) is 0 Å². The Hall–Kier alpha value is -1.73. The normalized spacial score (nSPS) is 22.5. The molecule has 2 unspecified atom stereocenters. The monoisotopic (exact) mass is 259 g/mol. The summed E-state index contributed by atoms with van der Waals surface area (Å²) in [6, 6.07) is 10.2. The molecule has 0 bridgehead atoms. The van der Waals surface area contributed by atoms with Crippen LogP contribution in [0.1, 0.15) is 25.7 Å². The van der Waals surface area contributed by atoms with Gasteiger partial charge in [0.15, 0.2) is 6.61 Å².